The van der Waals surface area contributed by atoms with E-state index in [1.165, 1.54) is 28.6 Å². The standard InChI is InChI=1S/C18H24N2O5S/c1-2-20(15-5-6-15)17(21)13-9-11-19(12-10-13)26(24,25)16-7-3-14(4-8-16)18(22)23/h3-4,7-8,13,15H,2,5-6,9-12H2,1H3,(H,22,23). The van der Waals surface area contributed by atoms with Gasteiger partial charge < -0.3 is 10.0 Å². The molecule has 1 saturated heterocycles. The summed E-state index contributed by atoms with van der Waals surface area (Å²) in [7, 11) is -3.67. The van der Waals surface area contributed by atoms with Crippen LogP contribution >= 0.6 is 0 Å². The summed E-state index contributed by atoms with van der Waals surface area (Å²) in [5, 5.41) is 8.92. The summed E-state index contributed by atoms with van der Waals surface area (Å²) in [5.74, 6) is -1.06. The highest BCUT2D eigenvalue weighted by atomic mass is 32.2. The van der Waals surface area contributed by atoms with Crippen LogP contribution in [0.3, 0.4) is 0 Å². The zero-order chi connectivity index (χ0) is 18.9. The second-order valence-electron chi connectivity index (χ2n) is 6.86. The molecule has 3 rings (SSSR count). The van der Waals surface area contributed by atoms with Crippen LogP contribution in [0.2, 0.25) is 0 Å². The molecule has 26 heavy (non-hydrogen) atoms. The van der Waals surface area contributed by atoms with Crippen molar-refractivity contribution >= 4 is 21.9 Å². The zero-order valence-corrected chi connectivity index (χ0v) is 15.6. The number of piperidine rings is 1. The average Bonchev–Trinajstić information content (AvgIpc) is 3.47. The number of sulfonamides is 1. The summed E-state index contributed by atoms with van der Waals surface area (Å²) >= 11 is 0. The van der Waals surface area contributed by atoms with Crippen molar-refractivity contribution in [3.8, 4) is 0 Å². The molecule has 8 heteroatoms. The lowest BCUT2D eigenvalue weighted by molar-refractivity contribution is -0.137. The van der Waals surface area contributed by atoms with Gasteiger partial charge >= 0.3 is 5.97 Å². The van der Waals surface area contributed by atoms with Crippen LogP contribution in [-0.4, -0.2) is 60.3 Å². The van der Waals surface area contributed by atoms with E-state index in [-0.39, 0.29) is 22.3 Å². The van der Waals surface area contributed by atoms with Crippen molar-refractivity contribution in [3.05, 3.63) is 29.8 Å². The molecule has 1 aliphatic carbocycles. The maximum absolute atomic E-state index is 12.7. The molecule has 2 aliphatic rings. The Morgan fingerprint density at radius 3 is 2.15 bits per heavy atom. The van der Waals surface area contributed by atoms with Gasteiger partial charge in [0.2, 0.25) is 15.9 Å². The van der Waals surface area contributed by atoms with E-state index in [1.54, 1.807) is 0 Å². The smallest absolute Gasteiger partial charge is 0.335 e. The van der Waals surface area contributed by atoms with Crippen LogP contribution in [0.4, 0.5) is 0 Å². The van der Waals surface area contributed by atoms with Crippen LogP contribution in [0.25, 0.3) is 0 Å². The number of carboxylic acid groups (broad SMARTS) is 1. The number of carbonyl (C=O) groups excluding carboxylic acids is 1. The number of aromatic carboxylic acids is 1. The number of carbonyl (C=O) groups is 2. The predicted molar refractivity (Wildman–Crippen MR) is 95.3 cm³/mol. The van der Waals surface area contributed by atoms with Crippen molar-refractivity contribution in [2.24, 2.45) is 5.92 Å². The number of benzene rings is 1. The Bertz CT molecular complexity index is 778. The molecule has 0 radical (unpaired) electrons. The molecule has 1 amide bonds. The molecule has 0 aromatic heterocycles. The summed E-state index contributed by atoms with van der Waals surface area (Å²) in [6, 6.07) is 5.60. The predicted octanol–water partition coefficient (Wildman–Crippen LogP) is 1.80. The molecule has 0 atom stereocenters. The second kappa shape index (κ2) is 7.36. The van der Waals surface area contributed by atoms with Crippen LogP contribution < -0.4 is 0 Å². The highest BCUT2D eigenvalue weighted by Crippen LogP contribution is 2.31. The number of hydrogen-bond donors (Lipinski definition) is 1. The first-order valence-electron chi connectivity index (χ1n) is 8.98. The normalized spacial score (nSPS) is 19.3. The Balaban J connectivity index is 1.64. The quantitative estimate of drug-likeness (QED) is 0.812. The van der Waals surface area contributed by atoms with Gasteiger partial charge in [-0.15, -0.1) is 0 Å². The minimum Gasteiger partial charge on any atom is -0.478 e. The summed E-state index contributed by atoms with van der Waals surface area (Å²) < 4.78 is 26.9. The second-order valence-corrected chi connectivity index (χ2v) is 8.80. The number of nitrogens with zero attached hydrogens (tertiary/aromatic N) is 2. The van der Waals surface area contributed by atoms with Crippen LogP contribution in [0, 0.1) is 5.92 Å². The molecule has 0 unspecified atom stereocenters. The summed E-state index contributed by atoms with van der Waals surface area (Å²) in [6.07, 6.45) is 3.18. The van der Waals surface area contributed by atoms with Crippen LogP contribution in [0.15, 0.2) is 29.2 Å². The first kappa shape index (κ1) is 18.8. The summed E-state index contributed by atoms with van der Waals surface area (Å²) in [6.45, 7) is 3.30. The molecule has 1 aliphatic heterocycles. The first-order valence-corrected chi connectivity index (χ1v) is 10.4. The first-order chi connectivity index (χ1) is 12.3. The van der Waals surface area contributed by atoms with Gasteiger partial charge in [0.15, 0.2) is 0 Å². The third-order valence-electron chi connectivity index (χ3n) is 5.15. The van der Waals surface area contributed by atoms with Crippen molar-refractivity contribution in [2.45, 2.75) is 43.5 Å². The van der Waals surface area contributed by atoms with Gasteiger partial charge in [0.1, 0.15) is 0 Å². The van der Waals surface area contributed by atoms with Crippen LogP contribution in [-0.2, 0) is 14.8 Å². The van der Waals surface area contributed by atoms with Crippen molar-refractivity contribution in [2.75, 3.05) is 19.6 Å². The number of carboxylic acids is 1. The van der Waals surface area contributed by atoms with E-state index in [1.807, 2.05) is 11.8 Å². The molecule has 1 aromatic rings. The van der Waals surface area contributed by atoms with Crippen molar-refractivity contribution in [3.63, 3.8) is 0 Å². The lowest BCUT2D eigenvalue weighted by Crippen LogP contribution is -2.45. The molecule has 1 N–H and O–H groups in total. The van der Waals surface area contributed by atoms with Gasteiger partial charge in [-0.3, -0.25) is 4.79 Å². The van der Waals surface area contributed by atoms with Crippen molar-refractivity contribution in [1.82, 2.24) is 9.21 Å². The molecular weight excluding hydrogens is 356 g/mol. The lowest BCUT2D eigenvalue weighted by atomic mass is 9.96. The summed E-state index contributed by atoms with van der Waals surface area (Å²) in [5.41, 5.74) is 0.0491. The minimum absolute atomic E-state index is 0.0491. The molecule has 2 fully saturated rings. The molecular formula is C18H24N2O5S. The number of hydrogen-bond acceptors (Lipinski definition) is 4. The van der Waals surface area contributed by atoms with Gasteiger partial charge in [0, 0.05) is 31.6 Å². The molecule has 0 spiro atoms. The molecule has 142 valence electrons. The molecule has 0 bridgehead atoms. The SMILES string of the molecule is CCN(C(=O)C1CCN(S(=O)(=O)c2ccc(C(=O)O)cc2)CC1)C1CC1. The third-order valence-corrected chi connectivity index (χ3v) is 7.07. The summed E-state index contributed by atoms with van der Waals surface area (Å²) in [4.78, 5) is 25.6. The van der Waals surface area contributed by atoms with E-state index in [0.29, 0.717) is 38.5 Å². The van der Waals surface area contributed by atoms with Gasteiger partial charge in [-0.1, -0.05) is 0 Å². The minimum atomic E-state index is -3.67. The van der Waals surface area contributed by atoms with Gasteiger partial charge in [-0.05, 0) is 56.9 Å². The van der Waals surface area contributed by atoms with Crippen LogP contribution in [0.5, 0.6) is 0 Å². The highest BCUT2D eigenvalue weighted by molar-refractivity contribution is 7.89. The van der Waals surface area contributed by atoms with E-state index in [9.17, 15) is 18.0 Å². The van der Waals surface area contributed by atoms with E-state index in [2.05, 4.69) is 0 Å². The zero-order valence-electron chi connectivity index (χ0n) is 14.8. The maximum atomic E-state index is 12.7. The van der Waals surface area contributed by atoms with E-state index in [4.69, 9.17) is 5.11 Å². The van der Waals surface area contributed by atoms with Crippen molar-refractivity contribution < 1.29 is 23.1 Å². The van der Waals surface area contributed by atoms with Gasteiger partial charge in [0.25, 0.3) is 0 Å². The Labute approximate surface area is 153 Å². The Hall–Kier alpha value is -1.93. The monoisotopic (exact) mass is 380 g/mol. The molecule has 1 heterocycles. The lowest BCUT2D eigenvalue weighted by Gasteiger charge is -2.33. The van der Waals surface area contributed by atoms with Gasteiger partial charge in [0.05, 0.1) is 10.5 Å². The average molecular weight is 380 g/mol. The topological polar surface area (TPSA) is 95.0 Å². The van der Waals surface area contributed by atoms with Crippen molar-refractivity contribution in [1.29, 1.82) is 0 Å². The Morgan fingerprint density at radius 1 is 1.12 bits per heavy atom. The van der Waals surface area contributed by atoms with Gasteiger partial charge in [-0.25, -0.2) is 13.2 Å². The molecule has 1 saturated carbocycles. The van der Waals surface area contributed by atoms with Crippen LogP contribution in [0.1, 0.15) is 43.0 Å². The highest BCUT2D eigenvalue weighted by Gasteiger charge is 2.37. The van der Waals surface area contributed by atoms with E-state index in [0.717, 1.165) is 12.8 Å². The largest absolute Gasteiger partial charge is 0.478 e. The number of rotatable bonds is 6. The fourth-order valence-corrected chi connectivity index (χ4v) is 4.95. The Morgan fingerprint density at radius 2 is 1.69 bits per heavy atom. The molecule has 7 nitrogen and oxygen atoms in total. The molecule has 1 aromatic carbocycles. The third kappa shape index (κ3) is 3.76. The van der Waals surface area contributed by atoms with Gasteiger partial charge in [-0.2, -0.15) is 4.31 Å². The maximum Gasteiger partial charge on any atom is 0.335 e. The Kier molecular flexibility index (Phi) is 5.34. The fraction of sp³-hybridized carbons (Fsp3) is 0.556. The van der Waals surface area contributed by atoms with E-state index < -0.39 is 16.0 Å². The number of amides is 1. The van der Waals surface area contributed by atoms with E-state index >= 15 is 0 Å². The fourth-order valence-electron chi connectivity index (χ4n) is 3.48.